The minimum atomic E-state index is -4.26. The van der Waals surface area contributed by atoms with Crippen molar-refractivity contribution in [3.63, 3.8) is 0 Å². The van der Waals surface area contributed by atoms with E-state index < -0.39 is 18.0 Å². The first-order valence-corrected chi connectivity index (χ1v) is 5.96. The summed E-state index contributed by atoms with van der Waals surface area (Å²) < 4.78 is 38.0. The van der Waals surface area contributed by atoms with Gasteiger partial charge in [-0.05, 0) is 25.0 Å². The average Bonchev–Trinajstić information content (AvgIpc) is 2.37. The lowest BCUT2D eigenvalue weighted by Crippen LogP contribution is -2.44. The van der Waals surface area contributed by atoms with Gasteiger partial charge in [-0.2, -0.15) is 13.2 Å². The molecule has 7 heteroatoms. The fraction of sp³-hybridized carbons (Fsp3) is 0.500. The molecule has 0 saturated carbocycles. The summed E-state index contributed by atoms with van der Waals surface area (Å²) in [6, 6.07) is 4.53. The number of rotatable bonds is 1. The molecule has 1 unspecified atom stereocenters. The Kier molecular flexibility index (Phi) is 3.64. The van der Waals surface area contributed by atoms with Gasteiger partial charge in [0.05, 0.1) is 5.92 Å². The van der Waals surface area contributed by atoms with Crippen LogP contribution in [0.15, 0.2) is 18.2 Å². The fourth-order valence-corrected chi connectivity index (χ4v) is 2.16. The first-order chi connectivity index (χ1) is 8.88. The molecule has 2 N–H and O–H groups in total. The highest BCUT2D eigenvalue weighted by atomic mass is 19.4. The minimum absolute atomic E-state index is 0.0671. The molecule has 1 aliphatic heterocycles. The molecule has 4 nitrogen and oxygen atoms in total. The summed E-state index contributed by atoms with van der Waals surface area (Å²) in [5.41, 5.74) is 5.55. The molecule has 1 atom stereocenters. The summed E-state index contributed by atoms with van der Waals surface area (Å²) in [4.78, 5) is 17.1. The molecule has 0 aromatic carbocycles. The van der Waals surface area contributed by atoms with Gasteiger partial charge in [-0.3, -0.25) is 4.79 Å². The second-order valence-corrected chi connectivity index (χ2v) is 4.58. The summed E-state index contributed by atoms with van der Waals surface area (Å²) in [5.74, 6) is -1.78. The predicted molar refractivity (Wildman–Crippen MR) is 63.3 cm³/mol. The first kappa shape index (κ1) is 13.6. The van der Waals surface area contributed by atoms with E-state index in [-0.39, 0.29) is 24.5 Å². The van der Waals surface area contributed by atoms with Crippen LogP contribution in [-0.4, -0.2) is 35.1 Å². The van der Waals surface area contributed by atoms with Gasteiger partial charge in [0.15, 0.2) is 0 Å². The van der Waals surface area contributed by atoms with E-state index in [0.717, 1.165) is 0 Å². The van der Waals surface area contributed by atoms with Gasteiger partial charge in [0.25, 0.3) is 5.91 Å². The van der Waals surface area contributed by atoms with Crippen molar-refractivity contribution < 1.29 is 18.0 Å². The highest BCUT2D eigenvalue weighted by Crippen LogP contribution is 2.33. The van der Waals surface area contributed by atoms with Crippen molar-refractivity contribution in [2.75, 3.05) is 18.8 Å². The third-order valence-corrected chi connectivity index (χ3v) is 3.16. The van der Waals surface area contributed by atoms with E-state index in [1.807, 2.05) is 0 Å². The molecule has 2 rings (SSSR count). The van der Waals surface area contributed by atoms with Gasteiger partial charge in [0.2, 0.25) is 0 Å². The van der Waals surface area contributed by atoms with Crippen LogP contribution >= 0.6 is 0 Å². The zero-order chi connectivity index (χ0) is 14.0. The molecular weight excluding hydrogens is 259 g/mol. The number of carbonyl (C=O) groups is 1. The lowest BCUT2D eigenvalue weighted by atomic mass is 9.97. The number of nitrogens with two attached hydrogens (primary N) is 1. The number of nitrogens with zero attached hydrogens (tertiary/aromatic N) is 2. The number of anilines is 1. The topological polar surface area (TPSA) is 59.2 Å². The number of aromatic nitrogens is 1. The van der Waals surface area contributed by atoms with Crippen molar-refractivity contribution in [2.45, 2.75) is 19.0 Å². The van der Waals surface area contributed by atoms with Crippen LogP contribution in [0.25, 0.3) is 0 Å². The van der Waals surface area contributed by atoms with Crippen molar-refractivity contribution in [1.82, 2.24) is 9.88 Å². The fourth-order valence-electron chi connectivity index (χ4n) is 2.16. The quantitative estimate of drug-likeness (QED) is 0.852. The Labute approximate surface area is 108 Å². The van der Waals surface area contributed by atoms with Gasteiger partial charge in [-0.1, -0.05) is 6.07 Å². The summed E-state index contributed by atoms with van der Waals surface area (Å²) in [7, 11) is 0. The van der Waals surface area contributed by atoms with E-state index in [2.05, 4.69) is 4.98 Å². The SMILES string of the molecule is Nc1cccc(C(=O)N2CCCC(C(F)(F)F)C2)n1. The number of halogens is 3. The standard InChI is InChI=1S/C12H14F3N3O/c13-12(14,15)8-3-2-6-18(7-8)11(19)9-4-1-5-10(16)17-9/h1,4-5,8H,2-3,6-7H2,(H2,16,17). The summed E-state index contributed by atoms with van der Waals surface area (Å²) >= 11 is 0. The van der Waals surface area contributed by atoms with Gasteiger partial charge < -0.3 is 10.6 Å². The smallest absolute Gasteiger partial charge is 0.384 e. The lowest BCUT2D eigenvalue weighted by Gasteiger charge is -2.33. The number of carbonyl (C=O) groups excluding carboxylic acids is 1. The second kappa shape index (κ2) is 5.07. The number of hydrogen-bond donors (Lipinski definition) is 1. The number of pyridine rings is 1. The van der Waals surface area contributed by atoms with Gasteiger partial charge in [0, 0.05) is 13.1 Å². The van der Waals surface area contributed by atoms with Crippen LogP contribution in [0.2, 0.25) is 0 Å². The number of nitrogen functional groups attached to an aromatic ring is 1. The molecular formula is C12H14F3N3O. The molecule has 2 heterocycles. The molecule has 19 heavy (non-hydrogen) atoms. The largest absolute Gasteiger partial charge is 0.393 e. The Bertz CT molecular complexity index is 476. The van der Waals surface area contributed by atoms with E-state index in [4.69, 9.17) is 5.73 Å². The van der Waals surface area contributed by atoms with Crippen molar-refractivity contribution in [3.05, 3.63) is 23.9 Å². The number of alkyl halides is 3. The maximum atomic E-state index is 12.7. The Morgan fingerprint density at radius 3 is 2.79 bits per heavy atom. The molecule has 0 spiro atoms. The van der Waals surface area contributed by atoms with Gasteiger partial charge in [0.1, 0.15) is 11.5 Å². The van der Waals surface area contributed by atoms with Crippen LogP contribution in [-0.2, 0) is 0 Å². The molecule has 1 aromatic heterocycles. The Morgan fingerprint density at radius 1 is 1.42 bits per heavy atom. The predicted octanol–water partition coefficient (Wildman–Crippen LogP) is 2.08. The van der Waals surface area contributed by atoms with Gasteiger partial charge in [-0.25, -0.2) is 4.98 Å². The van der Waals surface area contributed by atoms with Gasteiger partial charge >= 0.3 is 6.18 Å². The lowest BCUT2D eigenvalue weighted by molar-refractivity contribution is -0.184. The number of amides is 1. The van der Waals surface area contributed by atoms with Crippen LogP contribution in [0.1, 0.15) is 23.3 Å². The van der Waals surface area contributed by atoms with Gasteiger partial charge in [-0.15, -0.1) is 0 Å². The Balaban J connectivity index is 2.11. The molecule has 1 fully saturated rings. The zero-order valence-electron chi connectivity index (χ0n) is 10.2. The molecule has 104 valence electrons. The number of hydrogen-bond acceptors (Lipinski definition) is 3. The number of likely N-dealkylation sites (tertiary alicyclic amines) is 1. The maximum absolute atomic E-state index is 12.7. The molecule has 1 saturated heterocycles. The second-order valence-electron chi connectivity index (χ2n) is 4.58. The van der Waals surface area contributed by atoms with Crippen molar-refractivity contribution in [3.8, 4) is 0 Å². The summed E-state index contributed by atoms with van der Waals surface area (Å²) in [5, 5.41) is 0. The monoisotopic (exact) mass is 273 g/mol. The molecule has 1 aromatic rings. The normalized spacial score (nSPS) is 20.4. The summed E-state index contributed by atoms with van der Waals surface area (Å²) in [6.45, 7) is 0.0146. The van der Waals surface area contributed by atoms with Crippen molar-refractivity contribution in [2.24, 2.45) is 5.92 Å². The molecule has 0 bridgehead atoms. The maximum Gasteiger partial charge on any atom is 0.393 e. The van der Waals surface area contributed by atoms with Crippen molar-refractivity contribution in [1.29, 1.82) is 0 Å². The van der Waals surface area contributed by atoms with Crippen LogP contribution < -0.4 is 5.73 Å². The van der Waals surface area contributed by atoms with E-state index in [1.165, 1.54) is 17.0 Å². The van der Waals surface area contributed by atoms with Crippen LogP contribution in [0.5, 0.6) is 0 Å². The van der Waals surface area contributed by atoms with E-state index >= 15 is 0 Å². The highest BCUT2D eigenvalue weighted by Gasteiger charge is 2.42. The molecule has 1 amide bonds. The first-order valence-electron chi connectivity index (χ1n) is 5.96. The third-order valence-electron chi connectivity index (χ3n) is 3.16. The van der Waals surface area contributed by atoms with Crippen LogP contribution in [0.3, 0.4) is 0 Å². The average molecular weight is 273 g/mol. The zero-order valence-corrected chi connectivity index (χ0v) is 10.2. The van der Waals surface area contributed by atoms with E-state index in [0.29, 0.717) is 13.0 Å². The molecule has 0 aliphatic carbocycles. The molecule has 0 radical (unpaired) electrons. The van der Waals surface area contributed by atoms with E-state index in [1.54, 1.807) is 6.07 Å². The Hall–Kier alpha value is -1.79. The van der Waals surface area contributed by atoms with Crippen molar-refractivity contribution >= 4 is 11.7 Å². The van der Waals surface area contributed by atoms with Crippen LogP contribution in [0, 0.1) is 5.92 Å². The molecule has 1 aliphatic rings. The number of piperidine rings is 1. The summed E-state index contributed by atoms with van der Waals surface area (Å²) in [6.07, 6.45) is -3.85. The van der Waals surface area contributed by atoms with E-state index in [9.17, 15) is 18.0 Å². The minimum Gasteiger partial charge on any atom is -0.384 e. The highest BCUT2D eigenvalue weighted by molar-refractivity contribution is 5.92. The van der Waals surface area contributed by atoms with Crippen LogP contribution in [0.4, 0.5) is 19.0 Å². The Morgan fingerprint density at radius 2 is 2.16 bits per heavy atom. The third kappa shape index (κ3) is 3.15.